The number of carbonyl (C=O) groups excluding carboxylic acids is 4. The third-order valence-electron chi connectivity index (χ3n) is 7.07. The number of nitrogens with one attached hydrogen (secondary N) is 2. The normalized spacial score (nSPS) is 23.6. The Labute approximate surface area is 199 Å². The molecule has 4 amide bonds. The lowest BCUT2D eigenvalue weighted by atomic mass is 9.87. The second-order valence-electron chi connectivity index (χ2n) is 9.32. The molecule has 1 saturated carbocycles. The zero-order chi connectivity index (χ0) is 24.1. The van der Waals surface area contributed by atoms with Gasteiger partial charge in [0.05, 0.1) is 18.2 Å². The van der Waals surface area contributed by atoms with E-state index in [1.54, 1.807) is 34.1 Å². The summed E-state index contributed by atoms with van der Waals surface area (Å²) in [4.78, 5) is 55.2. The van der Waals surface area contributed by atoms with Crippen LogP contribution in [0, 0.1) is 17.2 Å². The average molecular weight is 466 g/mol. The van der Waals surface area contributed by atoms with Crippen molar-refractivity contribution in [2.24, 2.45) is 5.92 Å². The molecule has 180 valence electrons. The summed E-state index contributed by atoms with van der Waals surface area (Å²) in [5.41, 5.74) is 0.888. The molecule has 2 aliphatic heterocycles. The van der Waals surface area contributed by atoms with Gasteiger partial charge in [0, 0.05) is 31.1 Å². The molecule has 2 saturated heterocycles. The third kappa shape index (κ3) is 5.22. The Hall–Kier alpha value is -3.41. The van der Waals surface area contributed by atoms with Gasteiger partial charge < -0.3 is 20.4 Å². The molecule has 1 aliphatic carbocycles. The highest BCUT2D eigenvalue weighted by Gasteiger charge is 2.40. The number of hydrogen-bond donors (Lipinski definition) is 2. The van der Waals surface area contributed by atoms with Crippen LogP contribution in [0.4, 0.5) is 0 Å². The molecule has 2 N–H and O–H groups in total. The molecule has 0 aromatic heterocycles. The number of piperazine rings is 1. The van der Waals surface area contributed by atoms with E-state index in [-0.39, 0.29) is 36.7 Å². The molecule has 34 heavy (non-hydrogen) atoms. The van der Waals surface area contributed by atoms with Crippen molar-refractivity contribution in [2.75, 3.05) is 26.2 Å². The Bertz CT molecular complexity index is 980. The number of piperidine rings is 1. The van der Waals surface area contributed by atoms with Gasteiger partial charge in [-0.25, -0.2) is 0 Å². The number of nitrogens with zero attached hydrogens (tertiary/aromatic N) is 3. The summed E-state index contributed by atoms with van der Waals surface area (Å²) in [7, 11) is 0. The molecule has 1 aromatic carbocycles. The van der Waals surface area contributed by atoms with Gasteiger partial charge >= 0.3 is 0 Å². The van der Waals surface area contributed by atoms with Crippen molar-refractivity contribution >= 4 is 23.6 Å². The van der Waals surface area contributed by atoms with E-state index < -0.39 is 18.0 Å². The molecular formula is C25H31N5O4. The monoisotopic (exact) mass is 465 g/mol. The van der Waals surface area contributed by atoms with Crippen LogP contribution in [-0.2, 0) is 14.4 Å². The first-order chi connectivity index (χ1) is 16.5. The highest BCUT2D eigenvalue weighted by Crippen LogP contribution is 2.27. The fourth-order valence-corrected chi connectivity index (χ4v) is 5.09. The van der Waals surface area contributed by atoms with Gasteiger partial charge in [0.25, 0.3) is 5.91 Å². The minimum atomic E-state index is -0.847. The average Bonchev–Trinajstić information content (AvgIpc) is 2.89. The van der Waals surface area contributed by atoms with Crippen LogP contribution in [0.2, 0.25) is 0 Å². The molecule has 2 atom stereocenters. The molecule has 9 nitrogen and oxygen atoms in total. The van der Waals surface area contributed by atoms with Crippen molar-refractivity contribution < 1.29 is 19.2 Å². The Morgan fingerprint density at radius 2 is 1.74 bits per heavy atom. The van der Waals surface area contributed by atoms with E-state index >= 15 is 0 Å². The molecular weight excluding hydrogens is 434 g/mol. The summed E-state index contributed by atoms with van der Waals surface area (Å²) in [6, 6.07) is 6.93. The van der Waals surface area contributed by atoms with Crippen molar-refractivity contribution in [3.05, 3.63) is 35.4 Å². The molecule has 3 aliphatic rings. The van der Waals surface area contributed by atoms with E-state index in [1.165, 1.54) is 0 Å². The quantitative estimate of drug-likeness (QED) is 0.692. The predicted octanol–water partition coefficient (Wildman–Crippen LogP) is 1.19. The number of nitriles is 1. The highest BCUT2D eigenvalue weighted by molar-refractivity contribution is 5.97. The summed E-state index contributed by atoms with van der Waals surface area (Å²) in [5.74, 6) is -0.988. The third-order valence-corrected chi connectivity index (χ3v) is 7.07. The molecule has 9 heteroatoms. The summed E-state index contributed by atoms with van der Waals surface area (Å²) < 4.78 is 0. The van der Waals surface area contributed by atoms with Crippen LogP contribution in [0.1, 0.15) is 60.9 Å². The number of hydrogen-bond acceptors (Lipinski definition) is 5. The number of amides is 4. The van der Waals surface area contributed by atoms with Crippen molar-refractivity contribution in [3.63, 3.8) is 0 Å². The maximum Gasteiger partial charge on any atom is 0.253 e. The molecule has 2 heterocycles. The van der Waals surface area contributed by atoms with Crippen molar-refractivity contribution in [1.29, 1.82) is 5.26 Å². The summed E-state index contributed by atoms with van der Waals surface area (Å²) in [5, 5.41) is 14.6. The zero-order valence-corrected chi connectivity index (χ0v) is 19.3. The Kier molecular flexibility index (Phi) is 7.46. The van der Waals surface area contributed by atoms with Crippen LogP contribution in [0.3, 0.4) is 0 Å². The van der Waals surface area contributed by atoms with E-state index in [0.29, 0.717) is 30.6 Å². The minimum Gasteiger partial charge on any atom is -0.354 e. The van der Waals surface area contributed by atoms with Crippen LogP contribution in [0.25, 0.3) is 0 Å². The number of carbonyl (C=O) groups is 4. The smallest absolute Gasteiger partial charge is 0.253 e. The number of rotatable bonds is 4. The number of benzene rings is 1. The summed E-state index contributed by atoms with van der Waals surface area (Å²) >= 11 is 0. The van der Waals surface area contributed by atoms with Crippen LogP contribution in [0.5, 0.6) is 0 Å². The lowest BCUT2D eigenvalue weighted by Crippen LogP contribution is -2.64. The van der Waals surface area contributed by atoms with Gasteiger partial charge in [-0.2, -0.15) is 5.26 Å². The second-order valence-corrected chi connectivity index (χ2v) is 9.32. The Morgan fingerprint density at radius 1 is 1.00 bits per heavy atom. The topological polar surface area (TPSA) is 123 Å². The fraction of sp³-hybridized carbons (Fsp3) is 0.560. The van der Waals surface area contributed by atoms with Crippen molar-refractivity contribution in [3.8, 4) is 6.07 Å². The van der Waals surface area contributed by atoms with E-state index in [1.807, 2.05) is 6.07 Å². The fourth-order valence-electron chi connectivity index (χ4n) is 5.09. The molecule has 0 bridgehead atoms. The molecule has 2 unspecified atom stereocenters. The van der Waals surface area contributed by atoms with E-state index in [2.05, 4.69) is 10.6 Å². The zero-order valence-electron chi connectivity index (χ0n) is 19.3. The Balaban J connectivity index is 1.52. The van der Waals surface area contributed by atoms with Crippen LogP contribution in [0.15, 0.2) is 24.3 Å². The molecule has 4 rings (SSSR count). The van der Waals surface area contributed by atoms with Gasteiger partial charge in [-0.1, -0.05) is 19.3 Å². The Morgan fingerprint density at radius 3 is 2.41 bits per heavy atom. The van der Waals surface area contributed by atoms with Crippen molar-refractivity contribution in [1.82, 2.24) is 20.4 Å². The maximum absolute atomic E-state index is 13.4. The summed E-state index contributed by atoms with van der Waals surface area (Å²) in [6.45, 7) is 1.25. The van der Waals surface area contributed by atoms with Gasteiger partial charge in [0.15, 0.2) is 0 Å². The first-order valence-corrected chi connectivity index (χ1v) is 12.2. The predicted molar refractivity (Wildman–Crippen MR) is 123 cm³/mol. The van der Waals surface area contributed by atoms with Crippen LogP contribution < -0.4 is 10.6 Å². The first-order valence-electron chi connectivity index (χ1n) is 12.2. The lowest BCUT2D eigenvalue weighted by Gasteiger charge is -2.42. The maximum atomic E-state index is 13.4. The highest BCUT2D eigenvalue weighted by atomic mass is 16.2. The van der Waals surface area contributed by atoms with Gasteiger partial charge in [-0.05, 0) is 49.9 Å². The second kappa shape index (κ2) is 10.7. The molecule has 1 aromatic rings. The van der Waals surface area contributed by atoms with Crippen LogP contribution >= 0.6 is 0 Å². The van der Waals surface area contributed by atoms with E-state index in [9.17, 15) is 19.2 Å². The SMILES string of the molecule is N#Cc1ccc(C(=O)N2CCN(C(=O)C3CCCCC3)C(C(=O)NC3CCCNC3=O)C2)cc1. The van der Waals surface area contributed by atoms with Crippen molar-refractivity contribution in [2.45, 2.75) is 57.0 Å². The molecule has 0 radical (unpaired) electrons. The van der Waals surface area contributed by atoms with Gasteiger partial charge in [0.2, 0.25) is 17.7 Å². The lowest BCUT2D eigenvalue weighted by molar-refractivity contribution is -0.148. The summed E-state index contributed by atoms with van der Waals surface area (Å²) in [6.07, 6.45) is 6.10. The van der Waals surface area contributed by atoms with Gasteiger partial charge in [-0.3, -0.25) is 19.2 Å². The van der Waals surface area contributed by atoms with E-state index in [0.717, 1.165) is 38.5 Å². The van der Waals surface area contributed by atoms with Crippen LogP contribution in [-0.4, -0.2) is 71.7 Å². The minimum absolute atomic E-state index is 0.0292. The molecule has 0 spiro atoms. The van der Waals surface area contributed by atoms with Gasteiger partial charge in [-0.15, -0.1) is 0 Å². The molecule has 3 fully saturated rings. The van der Waals surface area contributed by atoms with Gasteiger partial charge in [0.1, 0.15) is 12.1 Å². The standard InChI is InChI=1S/C25H31N5O4/c26-15-17-8-10-19(11-9-17)24(33)29-13-14-30(25(34)18-5-2-1-3-6-18)21(16-29)23(32)28-20-7-4-12-27-22(20)31/h8-11,18,20-21H,1-7,12-14,16H2,(H,27,31)(H,28,32). The largest absolute Gasteiger partial charge is 0.354 e. The first kappa shape index (κ1) is 23.7. The van der Waals surface area contributed by atoms with E-state index in [4.69, 9.17) is 5.26 Å².